The zero-order valence-corrected chi connectivity index (χ0v) is 14.0. The number of rotatable bonds is 4. The molecule has 2 aliphatic rings. The van der Waals surface area contributed by atoms with E-state index >= 15 is 0 Å². The van der Waals surface area contributed by atoms with Crippen LogP contribution < -0.4 is 5.32 Å². The molecule has 1 aromatic heterocycles. The van der Waals surface area contributed by atoms with E-state index in [4.69, 9.17) is 0 Å². The Bertz CT molecular complexity index is 596. The summed E-state index contributed by atoms with van der Waals surface area (Å²) in [6, 6.07) is 14.0. The average molecular weight is 316 g/mol. The van der Waals surface area contributed by atoms with Crippen molar-refractivity contribution in [3.8, 4) is 0 Å². The molecule has 1 fully saturated rings. The molecule has 0 amide bonds. The maximum Gasteiger partial charge on any atom is 0.0447 e. The highest BCUT2D eigenvalue weighted by molar-refractivity contribution is 7.98. The number of hydrogen-bond donors (Lipinski definition) is 1. The summed E-state index contributed by atoms with van der Waals surface area (Å²) in [5.41, 5.74) is 3.11. The van der Waals surface area contributed by atoms with E-state index in [-0.39, 0.29) is 0 Å². The summed E-state index contributed by atoms with van der Waals surface area (Å²) in [5.74, 6) is 4.03. The summed E-state index contributed by atoms with van der Waals surface area (Å²) >= 11 is 4.14. The Labute approximate surface area is 135 Å². The minimum atomic E-state index is 0.538. The fraction of sp³-hybridized carbons (Fsp3) is 0.444. The number of fused-ring (bicyclic) bond motifs is 1. The van der Waals surface area contributed by atoms with E-state index in [9.17, 15) is 0 Å². The monoisotopic (exact) mass is 315 g/mol. The summed E-state index contributed by atoms with van der Waals surface area (Å²) in [6.07, 6.45) is 2.60. The van der Waals surface area contributed by atoms with E-state index in [0.717, 1.165) is 11.8 Å². The number of thiophene rings is 1. The Kier molecular flexibility index (Phi) is 3.82. The molecule has 2 aromatic rings. The molecule has 1 saturated carbocycles. The van der Waals surface area contributed by atoms with Gasteiger partial charge < -0.3 is 5.32 Å². The Hall–Kier alpha value is -0.770. The Morgan fingerprint density at radius 3 is 2.86 bits per heavy atom. The first-order valence-corrected chi connectivity index (χ1v) is 9.75. The van der Waals surface area contributed by atoms with Crippen molar-refractivity contribution < 1.29 is 0 Å². The summed E-state index contributed by atoms with van der Waals surface area (Å²) < 4.78 is 0. The van der Waals surface area contributed by atoms with E-state index in [2.05, 4.69) is 71.9 Å². The fourth-order valence-electron chi connectivity index (χ4n) is 3.56. The van der Waals surface area contributed by atoms with Crippen LogP contribution in [0.15, 0.2) is 36.4 Å². The molecule has 1 aromatic carbocycles. The number of aryl methyl sites for hydroxylation is 1. The molecular weight excluding hydrogens is 294 g/mol. The molecule has 2 heterocycles. The van der Waals surface area contributed by atoms with Crippen LogP contribution in [0.1, 0.15) is 39.3 Å². The largest absolute Gasteiger partial charge is 0.312 e. The Morgan fingerprint density at radius 2 is 2.10 bits per heavy atom. The van der Waals surface area contributed by atoms with Crippen molar-refractivity contribution in [2.75, 3.05) is 12.8 Å². The maximum absolute atomic E-state index is 3.59. The van der Waals surface area contributed by atoms with Gasteiger partial charge in [-0.05, 0) is 54.7 Å². The molecule has 110 valence electrons. The van der Waals surface area contributed by atoms with Gasteiger partial charge in [-0.15, -0.1) is 11.3 Å². The third kappa shape index (κ3) is 2.67. The molecule has 3 heteroatoms. The van der Waals surface area contributed by atoms with Crippen molar-refractivity contribution in [3.05, 3.63) is 57.3 Å². The minimum Gasteiger partial charge on any atom is -0.312 e. The van der Waals surface area contributed by atoms with Crippen LogP contribution in [0.3, 0.4) is 0 Å². The van der Waals surface area contributed by atoms with Gasteiger partial charge in [0.1, 0.15) is 0 Å². The molecule has 0 radical (unpaired) electrons. The van der Waals surface area contributed by atoms with Gasteiger partial charge in [0.05, 0.1) is 0 Å². The average Bonchev–Trinajstić information content (AvgIpc) is 3.20. The molecule has 0 saturated heterocycles. The van der Waals surface area contributed by atoms with E-state index in [0.29, 0.717) is 6.04 Å². The summed E-state index contributed by atoms with van der Waals surface area (Å²) in [7, 11) is 2.12. The van der Waals surface area contributed by atoms with Crippen LogP contribution in [-0.4, -0.2) is 12.8 Å². The van der Waals surface area contributed by atoms with Gasteiger partial charge in [0.25, 0.3) is 0 Å². The van der Waals surface area contributed by atoms with Gasteiger partial charge in [-0.1, -0.05) is 30.3 Å². The molecule has 4 rings (SSSR count). The first-order valence-electron chi connectivity index (χ1n) is 7.78. The standard InChI is InChI=1S/C18H21NS2/c1-19-18(15-10-14(15)12-5-3-2-4-6-12)17-9-13-11-20-8-7-16(13)21-17/h2-6,9,14-15,18-19H,7-8,10-11H2,1H3. The van der Waals surface area contributed by atoms with Crippen LogP contribution in [0.5, 0.6) is 0 Å². The van der Waals surface area contributed by atoms with E-state index < -0.39 is 0 Å². The van der Waals surface area contributed by atoms with Gasteiger partial charge in [-0.3, -0.25) is 0 Å². The lowest BCUT2D eigenvalue weighted by atomic mass is 10.0. The third-order valence-electron chi connectivity index (χ3n) is 4.76. The molecule has 3 unspecified atom stereocenters. The van der Waals surface area contributed by atoms with Gasteiger partial charge in [0, 0.05) is 21.5 Å². The molecule has 0 spiro atoms. The summed E-state index contributed by atoms with van der Waals surface area (Å²) in [4.78, 5) is 3.20. The number of hydrogen-bond acceptors (Lipinski definition) is 3. The van der Waals surface area contributed by atoms with Gasteiger partial charge in [-0.25, -0.2) is 0 Å². The number of thioether (sulfide) groups is 1. The zero-order valence-electron chi connectivity index (χ0n) is 12.3. The van der Waals surface area contributed by atoms with Crippen molar-refractivity contribution in [3.63, 3.8) is 0 Å². The van der Waals surface area contributed by atoms with Crippen molar-refractivity contribution in [2.24, 2.45) is 5.92 Å². The van der Waals surface area contributed by atoms with Gasteiger partial charge in [0.15, 0.2) is 0 Å². The maximum atomic E-state index is 3.59. The second kappa shape index (κ2) is 5.79. The van der Waals surface area contributed by atoms with Crippen LogP contribution >= 0.6 is 23.1 Å². The fourth-order valence-corrected chi connectivity index (χ4v) is 6.12. The van der Waals surface area contributed by atoms with Crippen LogP contribution in [0, 0.1) is 5.92 Å². The van der Waals surface area contributed by atoms with E-state index in [1.54, 1.807) is 15.3 Å². The lowest BCUT2D eigenvalue weighted by Gasteiger charge is -2.14. The molecule has 0 bridgehead atoms. The molecule has 1 nitrogen and oxygen atoms in total. The number of benzene rings is 1. The predicted molar refractivity (Wildman–Crippen MR) is 93.3 cm³/mol. The Morgan fingerprint density at radius 1 is 1.24 bits per heavy atom. The van der Waals surface area contributed by atoms with Crippen molar-refractivity contribution in [1.29, 1.82) is 0 Å². The lowest BCUT2D eigenvalue weighted by Crippen LogP contribution is -2.17. The van der Waals surface area contributed by atoms with E-state index in [1.807, 2.05) is 0 Å². The second-order valence-electron chi connectivity index (χ2n) is 6.08. The van der Waals surface area contributed by atoms with Gasteiger partial charge in [0.2, 0.25) is 0 Å². The smallest absolute Gasteiger partial charge is 0.0447 e. The van der Waals surface area contributed by atoms with Gasteiger partial charge >= 0.3 is 0 Å². The molecule has 3 atom stereocenters. The van der Waals surface area contributed by atoms with Crippen molar-refractivity contribution in [2.45, 2.75) is 30.6 Å². The SMILES string of the molecule is CNC(c1cc2c(s1)CCSC2)C1CC1c1ccccc1. The molecule has 1 N–H and O–H groups in total. The molecule has 1 aliphatic heterocycles. The highest BCUT2D eigenvalue weighted by atomic mass is 32.2. The van der Waals surface area contributed by atoms with Crippen molar-refractivity contribution in [1.82, 2.24) is 5.32 Å². The second-order valence-corrected chi connectivity index (χ2v) is 8.36. The highest BCUT2D eigenvalue weighted by Gasteiger charge is 2.44. The zero-order chi connectivity index (χ0) is 14.2. The molecule has 1 aliphatic carbocycles. The lowest BCUT2D eigenvalue weighted by molar-refractivity contribution is 0.526. The predicted octanol–water partition coefficient (Wildman–Crippen LogP) is 4.60. The van der Waals surface area contributed by atoms with Gasteiger partial charge in [-0.2, -0.15) is 11.8 Å². The Balaban J connectivity index is 1.55. The minimum absolute atomic E-state index is 0.538. The quantitative estimate of drug-likeness (QED) is 0.885. The van der Waals surface area contributed by atoms with Crippen LogP contribution in [0.4, 0.5) is 0 Å². The first kappa shape index (κ1) is 13.9. The first-order chi connectivity index (χ1) is 10.4. The van der Waals surface area contributed by atoms with Crippen LogP contribution in [0.25, 0.3) is 0 Å². The topological polar surface area (TPSA) is 12.0 Å². The van der Waals surface area contributed by atoms with Crippen molar-refractivity contribution >= 4 is 23.1 Å². The third-order valence-corrected chi connectivity index (χ3v) is 7.09. The molecule has 21 heavy (non-hydrogen) atoms. The summed E-state index contributed by atoms with van der Waals surface area (Å²) in [6.45, 7) is 0. The highest BCUT2D eigenvalue weighted by Crippen LogP contribution is 2.55. The number of nitrogens with one attached hydrogen (secondary N) is 1. The summed E-state index contributed by atoms with van der Waals surface area (Å²) in [5, 5.41) is 3.59. The van der Waals surface area contributed by atoms with Crippen LogP contribution in [-0.2, 0) is 12.2 Å². The van der Waals surface area contributed by atoms with E-state index in [1.165, 1.54) is 29.9 Å². The van der Waals surface area contributed by atoms with Crippen LogP contribution in [0.2, 0.25) is 0 Å². The molecular formula is C18H21NS2. The normalized spacial score (nSPS) is 25.4.